The van der Waals surface area contributed by atoms with Crippen LogP contribution in [0.4, 0.5) is 10.1 Å². The quantitative estimate of drug-likeness (QED) is 0.312. The molecule has 0 heterocycles. The van der Waals surface area contributed by atoms with Crippen LogP contribution in [0.15, 0.2) is 42.5 Å². The highest BCUT2D eigenvalue weighted by molar-refractivity contribution is 14.1. The van der Waals surface area contributed by atoms with Gasteiger partial charge in [-0.25, -0.2) is 9.18 Å². The molecule has 1 atom stereocenters. The van der Waals surface area contributed by atoms with Crippen molar-refractivity contribution in [2.24, 2.45) is 0 Å². The summed E-state index contributed by atoms with van der Waals surface area (Å²) in [7, 11) is 2.80. The fourth-order valence-corrected chi connectivity index (χ4v) is 2.70. The number of hydrogen-bond acceptors (Lipinski definition) is 6. The molecule has 0 spiro atoms. The molecule has 28 heavy (non-hydrogen) atoms. The van der Waals surface area contributed by atoms with Crippen LogP contribution in [-0.2, 0) is 9.53 Å². The Hall–Kier alpha value is -2.33. The van der Waals surface area contributed by atoms with Gasteiger partial charge in [0.25, 0.3) is 0 Å². The van der Waals surface area contributed by atoms with E-state index in [9.17, 15) is 14.3 Å². The summed E-state index contributed by atoms with van der Waals surface area (Å²) >= 11 is 2.03. The molecule has 6 nitrogen and oxygen atoms in total. The minimum absolute atomic E-state index is 0.00725. The molecule has 150 valence electrons. The SMILES string of the molecule is COC(=O)/C=C/c1ccc(OCC(O)CNc2ccc(I)cc2F)c(OC)c1. The van der Waals surface area contributed by atoms with Crippen molar-refractivity contribution in [2.45, 2.75) is 6.10 Å². The lowest BCUT2D eigenvalue weighted by atomic mass is 10.2. The summed E-state index contributed by atoms with van der Waals surface area (Å²) in [5, 5.41) is 12.9. The third-order valence-corrected chi connectivity index (χ3v) is 4.36. The Morgan fingerprint density at radius 1 is 1.25 bits per heavy atom. The highest BCUT2D eigenvalue weighted by atomic mass is 127. The molecule has 2 rings (SSSR count). The first-order chi connectivity index (χ1) is 13.4. The van der Waals surface area contributed by atoms with Crippen molar-refractivity contribution in [3.63, 3.8) is 0 Å². The van der Waals surface area contributed by atoms with Crippen molar-refractivity contribution in [1.29, 1.82) is 0 Å². The van der Waals surface area contributed by atoms with E-state index in [0.717, 1.165) is 9.13 Å². The number of carbonyl (C=O) groups excluding carboxylic acids is 1. The summed E-state index contributed by atoms with van der Waals surface area (Å²) in [5.74, 6) is 0.0600. The molecule has 0 radical (unpaired) electrons. The van der Waals surface area contributed by atoms with Crippen LogP contribution in [0.25, 0.3) is 6.08 Å². The number of ether oxygens (including phenoxy) is 3. The smallest absolute Gasteiger partial charge is 0.330 e. The van der Waals surface area contributed by atoms with E-state index in [1.54, 1.807) is 36.4 Å². The highest BCUT2D eigenvalue weighted by Gasteiger charge is 2.11. The number of methoxy groups -OCH3 is 2. The Morgan fingerprint density at radius 3 is 2.71 bits per heavy atom. The predicted octanol–water partition coefficient (Wildman–Crippen LogP) is 3.48. The Labute approximate surface area is 176 Å². The van der Waals surface area contributed by atoms with E-state index < -0.39 is 12.1 Å². The first-order valence-electron chi connectivity index (χ1n) is 8.36. The summed E-state index contributed by atoms with van der Waals surface area (Å²) < 4.78 is 30.0. The van der Waals surface area contributed by atoms with Crippen LogP contribution in [0.1, 0.15) is 5.56 Å². The first-order valence-corrected chi connectivity index (χ1v) is 9.44. The molecule has 0 aliphatic heterocycles. The van der Waals surface area contributed by atoms with E-state index in [-0.39, 0.29) is 19.0 Å². The number of aliphatic hydroxyl groups is 1. The maximum atomic E-state index is 13.8. The summed E-state index contributed by atoms with van der Waals surface area (Å²) in [6, 6.07) is 9.91. The number of hydrogen-bond donors (Lipinski definition) is 2. The second-order valence-electron chi connectivity index (χ2n) is 5.74. The number of halogens is 2. The maximum absolute atomic E-state index is 13.8. The van der Waals surface area contributed by atoms with Crippen LogP contribution < -0.4 is 14.8 Å². The lowest BCUT2D eigenvalue weighted by Crippen LogP contribution is -2.26. The fraction of sp³-hybridized carbons (Fsp3) is 0.250. The zero-order valence-corrected chi connectivity index (χ0v) is 17.6. The third-order valence-electron chi connectivity index (χ3n) is 3.69. The molecule has 0 aromatic heterocycles. The fourth-order valence-electron chi connectivity index (χ4n) is 2.24. The second-order valence-corrected chi connectivity index (χ2v) is 6.98. The Bertz CT molecular complexity index is 843. The van der Waals surface area contributed by atoms with Crippen LogP contribution in [0, 0.1) is 9.39 Å². The van der Waals surface area contributed by atoms with Crippen molar-refractivity contribution in [3.05, 3.63) is 57.4 Å². The van der Waals surface area contributed by atoms with E-state index in [1.165, 1.54) is 26.4 Å². The van der Waals surface area contributed by atoms with Gasteiger partial charge in [0, 0.05) is 16.2 Å². The monoisotopic (exact) mass is 501 g/mol. The standard InChI is InChI=1S/C20H21FINO5/c1-26-19-9-13(4-8-20(25)27-2)3-7-18(19)28-12-15(24)11-23-17-6-5-14(22)10-16(17)21/h3-10,15,23-24H,11-12H2,1-2H3/b8-4+. The van der Waals surface area contributed by atoms with Gasteiger partial charge in [-0.1, -0.05) is 6.07 Å². The van der Waals surface area contributed by atoms with Crippen molar-refractivity contribution >= 4 is 40.3 Å². The lowest BCUT2D eigenvalue weighted by Gasteiger charge is -2.16. The number of anilines is 1. The molecule has 0 bridgehead atoms. The molecule has 0 fully saturated rings. The number of aliphatic hydroxyl groups excluding tert-OH is 1. The van der Waals surface area contributed by atoms with Crippen LogP contribution in [-0.4, -0.2) is 44.6 Å². The summed E-state index contributed by atoms with van der Waals surface area (Å²) in [5.41, 5.74) is 1.05. The van der Waals surface area contributed by atoms with Gasteiger partial charge in [-0.3, -0.25) is 0 Å². The Balaban J connectivity index is 1.91. The Morgan fingerprint density at radius 2 is 2.04 bits per heavy atom. The number of nitrogens with one attached hydrogen (secondary N) is 1. The number of benzene rings is 2. The van der Waals surface area contributed by atoms with Gasteiger partial charge in [0.05, 0.1) is 19.9 Å². The van der Waals surface area contributed by atoms with Crippen LogP contribution in [0.5, 0.6) is 11.5 Å². The van der Waals surface area contributed by atoms with Crippen LogP contribution >= 0.6 is 22.6 Å². The van der Waals surface area contributed by atoms with E-state index in [1.807, 2.05) is 22.6 Å². The Kier molecular flexibility index (Phi) is 8.52. The normalized spacial score (nSPS) is 11.9. The van der Waals surface area contributed by atoms with Gasteiger partial charge in [-0.2, -0.15) is 0 Å². The van der Waals surface area contributed by atoms with Crippen LogP contribution in [0.2, 0.25) is 0 Å². The molecular weight excluding hydrogens is 480 g/mol. The van der Waals surface area contributed by atoms with Gasteiger partial charge in [0.1, 0.15) is 18.5 Å². The largest absolute Gasteiger partial charge is 0.493 e. The lowest BCUT2D eigenvalue weighted by molar-refractivity contribution is -0.134. The zero-order valence-electron chi connectivity index (χ0n) is 15.4. The van der Waals surface area contributed by atoms with Crippen molar-refractivity contribution in [1.82, 2.24) is 0 Å². The van der Waals surface area contributed by atoms with Gasteiger partial charge in [0.2, 0.25) is 0 Å². The summed E-state index contributed by atoms with van der Waals surface area (Å²) in [6.07, 6.45) is 2.03. The number of rotatable bonds is 9. The third kappa shape index (κ3) is 6.68. The minimum atomic E-state index is -0.859. The summed E-state index contributed by atoms with van der Waals surface area (Å²) in [4.78, 5) is 11.2. The highest BCUT2D eigenvalue weighted by Crippen LogP contribution is 2.28. The molecular formula is C20H21FINO5. The molecule has 2 aromatic rings. The van der Waals surface area contributed by atoms with E-state index in [4.69, 9.17) is 9.47 Å². The molecule has 8 heteroatoms. The molecule has 0 aliphatic rings. The minimum Gasteiger partial charge on any atom is -0.493 e. The van der Waals surface area contributed by atoms with Gasteiger partial charge in [-0.05, 0) is 64.6 Å². The number of carbonyl (C=O) groups is 1. The molecule has 2 aromatic carbocycles. The van der Waals surface area contributed by atoms with E-state index in [0.29, 0.717) is 17.2 Å². The summed E-state index contributed by atoms with van der Waals surface area (Å²) in [6.45, 7) is 0.118. The zero-order chi connectivity index (χ0) is 20.5. The maximum Gasteiger partial charge on any atom is 0.330 e. The molecule has 0 aliphatic carbocycles. The van der Waals surface area contributed by atoms with Crippen molar-refractivity contribution < 1.29 is 28.5 Å². The van der Waals surface area contributed by atoms with Gasteiger partial charge in [0.15, 0.2) is 11.5 Å². The van der Waals surface area contributed by atoms with Crippen molar-refractivity contribution in [3.8, 4) is 11.5 Å². The predicted molar refractivity (Wildman–Crippen MR) is 113 cm³/mol. The van der Waals surface area contributed by atoms with Crippen molar-refractivity contribution in [2.75, 3.05) is 32.7 Å². The van der Waals surface area contributed by atoms with Crippen LogP contribution in [0.3, 0.4) is 0 Å². The van der Waals surface area contributed by atoms with Gasteiger partial charge < -0.3 is 24.6 Å². The average Bonchev–Trinajstić information content (AvgIpc) is 2.69. The first kappa shape index (κ1) is 22.0. The molecule has 0 amide bonds. The molecule has 0 saturated carbocycles. The molecule has 0 saturated heterocycles. The topological polar surface area (TPSA) is 77.0 Å². The average molecular weight is 501 g/mol. The molecule has 1 unspecified atom stereocenters. The van der Waals surface area contributed by atoms with E-state index >= 15 is 0 Å². The van der Waals surface area contributed by atoms with E-state index in [2.05, 4.69) is 10.1 Å². The van der Waals surface area contributed by atoms with Gasteiger partial charge in [-0.15, -0.1) is 0 Å². The number of esters is 1. The second kappa shape index (κ2) is 10.9. The molecule has 2 N–H and O–H groups in total. The van der Waals surface area contributed by atoms with Gasteiger partial charge >= 0.3 is 5.97 Å².